The van der Waals surface area contributed by atoms with Crippen LogP contribution in [0.25, 0.3) is 11.8 Å². The van der Waals surface area contributed by atoms with Crippen LogP contribution in [0.5, 0.6) is 0 Å². The van der Waals surface area contributed by atoms with E-state index in [2.05, 4.69) is 12.0 Å². The van der Waals surface area contributed by atoms with E-state index in [0.717, 1.165) is 22.6 Å². The minimum absolute atomic E-state index is 0.791. The first-order valence-corrected chi connectivity index (χ1v) is 6.09. The van der Waals surface area contributed by atoms with Crippen molar-refractivity contribution in [2.24, 2.45) is 0 Å². The van der Waals surface area contributed by atoms with Crippen LogP contribution in [-0.2, 0) is 4.84 Å². The molecule has 0 saturated heterocycles. The van der Waals surface area contributed by atoms with Crippen LogP contribution in [-0.4, -0.2) is 0 Å². The molecule has 1 aliphatic rings. The number of nitrogens with one attached hydrogen (secondary N) is 1. The molecule has 0 aromatic heterocycles. The third kappa shape index (κ3) is 2.31. The molecule has 0 bridgehead atoms. The lowest BCUT2D eigenvalue weighted by Gasteiger charge is -2.17. The SMILES string of the molecule is C=Cc1ccc(C2=CNN(c3ccccc3)O2)cc1. The maximum Gasteiger partial charge on any atom is 0.182 e. The Hall–Kier alpha value is -2.68. The topological polar surface area (TPSA) is 24.5 Å². The normalized spacial score (nSPS) is 13.5. The largest absolute Gasteiger partial charge is 0.357 e. The number of nitrogens with zero attached hydrogens (tertiary/aromatic N) is 1. The van der Waals surface area contributed by atoms with Gasteiger partial charge < -0.3 is 4.84 Å². The molecule has 0 fully saturated rings. The molecular formula is C16H14N2O. The summed E-state index contributed by atoms with van der Waals surface area (Å²) in [6, 6.07) is 17.9. The Bertz CT molecular complexity index is 602. The van der Waals surface area contributed by atoms with E-state index in [0.29, 0.717) is 0 Å². The molecule has 0 saturated carbocycles. The number of anilines is 1. The van der Waals surface area contributed by atoms with Gasteiger partial charge in [-0.1, -0.05) is 55.1 Å². The highest BCUT2D eigenvalue weighted by Gasteiger charge is 2.17. The first-order valence-electron chi connectivity index (χ1n) is 6.09. The lowest BCUT2D eigenvalue weighted by molar-refractivity contribution is 0.243. The number of benzene rings is 2. The molecule has 0 radical (unpaired) electrons. The number of rotatable bonds is 3. The van der Waals surface area contributed by atoms with Gasteiger partial charge in [-0.25, -0.2) is 0 Å². The van der Waals surface area contributed by atoms with Crippen LogP contribution in [0.2, 0.25) is 0 Å². The minimum atomic E-state index is 0.791. The number of hydrazine groups is 1. The van der Waals surface area contributed by atoms with Crippen molar-refractivity contribution in [1.82, 2.24) is 5.43 Å². The fraction of sp³-hybridized carbons (Fsp3) is 0. The van der Waals surface area contributed by atoms with Crippen LogP contribution in [0.4, 0.5) is 5.69 Å². The maximum atomic E-state index is 5.76. The summed E-state index contributed by atoms with van der Waals surface area (Å²) in [4.78, 5) is 5.76. The van der Waals surface area contributed by atoms with Crippen molar-refractivity contribution in [3.8, 4) is 0 Å². The summed E-state index contributed by atoms with van der Waals surface area (Å²) in [7, 11) is 0. The Kier molecular flexibility index (Phi) is 2.94. The molecule has 1 aliphatic heterocycles. The molecule has 2 aromatic carbocycles. The Morgan fingerprint density at radius 1 is 1.00 bits per heavy atom. The predicted molar refractivity (Wildman–Crippen MR) is 77.7 cm³/mol. The summed E-state index contributed by atoms with van der Waals surface area (Å²) in [5.41, 5.74) is 6.15. The van der Waals surface area contributed by atoms with E-state index in [1.54, 1.807) is 5.17 Å². The van der Waals surface area contributed by atoms with Crippen molar-refractivity contribution in [2.75, 3.05) is 5.17 Å². The van der Waals surface area contributed by atoms with Crippen molar-refractivity contribution in [1.29, 1.82) is 0 Å². The molecule has 0 atom stereocenters. The maximum absolute atomic E-state index is 5.76. The van der Waals surface area contributed by atoms with E-state index in [-0.39, 0.29) is 0 Å². The summed E-state index contributed by atoms with van der Waals surface area (Å²) in [6.45, 7) is 3.74. The summed E-state index contributed by atoms with van der Waals surface area (Å²) >= 11 is 0. The molecule has 0 aliphatic carbocycles. The monoisotopic (exact) mass is 250 g/mol. The lowest BCUT2D eigenvalue weighted by atomic mass is 10.1. The van der Waals surface area contributed by atoms with Crippen molar-refractivity contribution < 1.29 is 4.84 Å². The molecule has 19 heavy (non-hydrogen) atoms. The Balaban J connectivity index is 1.76. The highest BCUT2D eigenvalue weighted by atomic mass is 16.7. The smallest absolute Gasteiger partial charge is 0.182 e. The van der Waals surface area contributed by atoms with Crippen LogP contribution >= 0.6 is 0 Å². The van der Waals surface area contributed by atoms with Gasteiger partial charge >= 0.3 is 0 Å². The highest BCUT2D eigenvalue weighted by Crippen LogP contribution is 2.24. The van der Waals surface area contributed by atoms with Gasteiger partial charge in [0.1, 0.15) is 0 Å². The van der Waals surface area contributed by atoms with Crippen LogP contribution in [0.3, 0.4) is 0 Å². The Labute approximate surface area is 112 Å². The zero-order valence-corrected chi connectivity index (χ0v) is 10.4. The van der Waals surface area contributed by atoms with E-state index in [4.69, 9.17) is 4.84 Å². The van der Waals surface area contributed by atoms with E-state index in [1.807, 2.05) is 66.9 Å². The van der Waals surface area contributed by atoms with E-state index in [1.165, 1.54) is 0 Å². The second kappa shape index (κ2) is 4.90. The highest BCUT2D eigenvalue weighted by molar-refractivity contribution is 5.64. The van der Waals surface area contributed by atoms with Crippen LogP contribution < -0.4 is 10.6 Å². The van der Waals surface area contributed by atoms with Crippen LogP contribution in [0.1, 0.15) is 11.1 Å². The lowest BCUT2D eigenvalue weighted by Crippen LogP contribution is -2.27. The molecule has 1 N–H and O–H groups in total. The van der Waals surface area contributed by atoms with Gasteiger partial charge in [0, 0.05) is 5.56 Å². The molecule has 3 rings (SSSR count). The average molecular weight is 250 g/mol. The molecule has 3 heteroatoms. The van der Waals surface area contributed by atoms with Crippen LogP contribution in [0.15, 0.2) is 67.4 Å². The van der Waals surface area contributed by atoms with Crippen molar-refractivity contribution in [3.63, 3.8) is 0 Å². The van der Waals surface area contributed by atoms with Gasteiger partial charge in [0.2, 0.25) is 0 Å². The second-order valence-electron chi connectivity index (χ2n) is 4.19. The second-order valence-corrected chi connectivity index (χ2v) is 4.19. The molecule has 2 aromatic rings. The van der Waals surface area contributed by atoms with Gasteiger partial charge in [-0.15, -0.1) is 5.17 Å². The van der Waals surface area contributed by atoms with Gasteiger partial charge in [0.05, 0.1) is 11.9 Å². The fourth-order valence-corrected chi connectivity index (χ4v) is 1.88. The van der Waals surface area contributed by atoms with Gasteiger partial charge in [0.15, 0.2) is 5.76 Å². The first-order chi connectivity index (χ1) is 9.36. The molecule has 0 unspecified atom stereocenters. The quantitative estimate of drug-likeness (QED) is 0.901. The first kappa shape index (κ1) is 11.4. The summed E-state index contributed by atoms with van der Waals surface area (Å²) in [6.07, 6.45) is 3.66. The predicted octanol–water partition coefficient (Wildman–Crippen LogP) is 3.58. The van der Waals surface area contributed by atoms with Gasteiger partial charge in [-0.3, -0.25) is 5.43 Å². The molecule has 1 heterocycles. The zero-order valence-electron chi connectivity index (χ0n) is 10.4. The Morgan fingerprint density at radius 3 is 2.42 bits per heavy atom. The Morgan fingerprint density at radius 2 is 1.74 bits per heavy atom. The number of hydrogen-bond donors (Lipinski definition) is 1. The molecule has 0 spiro atoms. The molecule has 94 valence electrons. The average Bonchev–Trinajstić information content (AvgIpc) is 2.98. The van der Waals surface area contributed by atoms with E-state index < -0.39 is 0 Å². The summed E-state index contributed by atoms with van der Waals surface area (Å²) < 4.78 is 0. The van der Waals surface area contributed by atoms with Gasteiger partial charge in [-0.2, -0.15) is 0 Å². The number of para-hydroxylation sites is 1. The molecular weight excluding hydrogens is 236 g/mol. The molecule has 0 amide bonds. The standard InChI is InChI=1S/C16H14N2O/c1-2-13-8-10-14(11-9-13)16-12-17-18(19-16)15-6-4-3-5-7-15/h2-12,17H,1H2. The summed E-state index contributed by atoms with van der Waals surface area (Å²) in [5, 5.41) is 1.64. The van der Waals surface area contributed by atoms with Gasteiger partial charge in [-0.05, 0) is 17.7 Å². The minimum Gasteiger partial charge on any atom is -0.357 e. The van der Waals surface area contributed by atoms with E-state index >= 15 is 0 Å². The van der Waals surface area contributed by atoms with Crippen molar-refractivity contribution in [3.05, 3.63) is 78.5 Å². The zero-order chi connectivity index (χ0) is 13.1. The third-order valence-electron chi connectivity index (χ3n) is 2.92. The number of hydrogen-bond acceptors (Lipinski definition) is 3. The molecule has 3 nitrogen and oxygen atoms in total. The van der Waals surface area contributed by atoms with Crippen LogP contribution in [0, 0.1) is 0 Å². The van der Waals surface area contributed by atoms with Crippen molar-refractivity contribution in [2.45, 2.75) is 0 Å². The van der Waals surface area contributed by atoms with E-state index in [9.17, 15) is 0 Å². The van der Waals surface area contributed by atoms with Gasteiger partial charge in [0.25, 0.3) is 0 Å². The fourth-order valence-electron chi connectivity index (χ4n) is 1.88. The van der Waals surface area contributed by atoms with Crippen molar-refractivity contribution >= 4 is 17.5 Å². The summed E-state index contributed by atoms with van der Waals surface area (Å²) in [5.74, 6) is 0.791. The third-order valence-corrected chi connectivity index (χ3v) is 2.92.